The highest BCUT2D eigenvalue weighted by atomic mass is 127. The largest absolute Gasteiger partial charge is 0.490 e. The van der Waals surface area contributed by atoms with Crippen molar-refractivity contribution in [3.05, 3.63) is 91.5 Å². The molecule has 1 amide bonds. The van der Waals surface area contributed by atoms with Crippen molar-refractivity contribution in [2.45, 2.75) is 20.5 Å². The molecule has 0 spiro atoms. The zero-order chi connectivity index (χ0) is 23.8. The Hall–Kier alpha value is -3.02. The molecule has 0 atom stereocenters. The predicted molar refractivity (Wildman–Crippen MR) is 140 cm³/mol. The van der Waals surface area contributed by atoms with Gasteiger partial charge in [-0.25, -0.2) is 0 Å². The van der Waals surface area contributed by atoms with Gasteiger partial charge in [-0.2, -0.15) is 5.26 Å². The van der Waals surface area contributed by atoms with Gasteiger partial charge < -0.3 is 14.8 Å². The van der Waals surface area contributed by atoms with E-state index in [1.807, 2.05) is 56.3 Å². The number of rotatable bonds is 8. The molecule has 0 heterocycles. The van der Waals surface area contributed by atoms with E-state index in [0.717, 1.165) is 14.7 Å². The lowest BCUT2D eigenvalue weighted by molar-refractivity contribution is -0.112. The van der Waals surface area contributed by atoms with Gasteiger partial charge in [0.05, 0.1) is 11.6 Å². The molecule has 0 aliphatic rings. The lowest BCUT2D eigenvalue weighted by Crippen LogP contribution is -2.13. The maximum Gasteiger partial charge on any atom is 0.266 e. The van der Waals surface area contributed by atoms with Crippen LogP contribution in [0.25, 0.3) is 6.08 Å². The summed E-state index contributed by atoms with van der Waals surface area (Å²) in [6.45, 7) is 4.55. The number of hydrogen-bond donors (Lipinski definition) is 1. The van der Waals surface area contributed by atoms with E-state index in [4.69, 9.17) is 21.1 Å². The molecule has 0 fully saturated rings. The molecule has 0 aromatic heterocycles. The number of nitrogens with one attached hydrogen (secondary N) is 1. The Bertz CT molecular complexity index is 1200. The molecule has 0 aliphatic heterocycles. The van der Waals surface area contributed by atoms with Crippen molar-refractivity contribution in [3.8, 4) is 17.6 Å². The maximum absolute atomic E-state index is 12.6. The van der Waals surface area contributed by atoms with Crippen LogP contribution in [0.5, 0.6) is 11.5 Å². The summed E-state index contributed by atoms with van der Waals surface area (Å²) in [6, 6.07) is 20.6. The molecule has 0 radical (unpaired) electrons. The van der Waals surface area contributed by atoms with Crippen molar-refractivity contribution in [2.75, 3.05) is 11.9 Å². The Labute approximate surface area is 212 Å². The summed E-state index contributed by atoms with van der Waals surface area (Å²) in [5.41, 5.74) is 3.19. The summed E-state index contributed by atoms with van der Waals surface area (Å²) in [5, 5.41) is 12.6. The van der Waals surface area contributed by atoms with Gasteiger partial charge in [-0.1, -0.05) is 41.4 Å². The number of amides is 1. The van der Waals surface area contributed by atoms with E-state index in [0.29, 0.717) is 41.0 Å². The Morgan fingerprint density at radius 2 is 1.82 bits per heavy atom. The second kappa shape index (κ2) is 11.7. The fourth-order valence-electron chi connectivity index (χ4n) is 2.96. The smallest absolute Gasteiger partial charge is 0.266 e. The lowest BCUT2D eigenvalue weighted by Gasteiger charge is -2.15. The molecule has 0 saturated carbocycles. The summed E-state index contributed by atoms with van der Waals surface area (Å²) in [7, 11) is 0. The maximum atomic E-state index is 12.6. The fraction of sp³-hybridized carbons (Fsp3) is 0.154. The van der Waals surface area contributed by atoms with Gasteiger partial charge in [0.15, 0.2) is 11.5 Å². The van der Waals surface area contributed by atoms with E-state index in [-0.39, 0.29) is 5.57 Å². The number of ether oxygens (including phenoxy) is 2. The molecule has 0 bridgehead atoms. The summed E-state index contributed by atoms with van der Waals surface area (Å²) < 4.78 is 12.8. The van der Waals surface area contributed by atoms with Crippen LogP contribution in [0.4, 0.5) is 5.69 Å². The third-order valence-electron chi connectivity index (χ3n) is 4.61. The first-order valence-corrected chi connectivity index (χ1v) is 11.7. The van der Waals surface area contributed by atoms with E-state index >= 15 is 0 Å². The third kappa shape index (κ3) is 6.98. The number of hydrogen-bond acceptors (Lipinski definition) is 4. The average molecular weight is 573 g/mol. The summed E-state index contributed by atoms with van der Waals surface area (Å²) in [6.07, 6.45) is 1.47. The summed E-state index contributed by atoms with van der Waals surface area (Å²) >= 11 is 8.74. The first kappa shape index (κ1) is 24.6. The van der Waals surface area contributed by atoms with Gasteiger partial charge >= 0.3 is 0 Å². The number of halogens is 2. The van der Waals surface area contributed by atoms with E-state index < -0.39 is 5.91 Å². The van der Waals surface area contributed by atoms with Crippen LogP contribution in [-0.2, 0) is 11.4 Å². The normalized spacial score (nSPS) is 10.9. The molecule has 0 unspecified atom stereocenters. The molecule has 5 nitrogen and oxygen atoms in total. The van der Waals surface area contributed by atoms with Crippen molar-refractivity contribution in [2.24, 2.45) is 0 Å². The number of nitriles is 1. The standard InChI is InChI=1S/C26H22ClIN2O3/c1-3-32-24-14-19(12-20(15-29)26(31)30-22-10-4-17(2)5-11-22)13-23(27)25(24)33-16-18-6-8-21(28)9-7-18/h4-14H,3,16H2,1-2H3,(H,30,31)/b20-12+. The van der Waals surface area contributed by atoms with E-state index in [9.17, 15) is 10.1 Å². The van der Waals surface area contributed by atoms with E-state index in [2.05, 4.69) is 27.9 Å². The zero-order valence-corrected chi connectivity index (χ0v) is 21.1. The molecular formula is C26H22ClIN2O3. The first-order valence-electron chi connectivity index (χ1n) is 10.2. The highest BCUT2D eigenvalue weighted by Gasteiger charge is 2.15. The quantitative estimate of drug-likeness (QED) is 0.184. The Morgan fingerprint density at radius 1 is 1.12 bits per heavy atom. The number of carbonyl (C=O) groups is 1. The average Bonchev–Trinajstić information content (AvgIpc) is 2.79. The highest BCUT2D eigenvalue weighted by molar-refractivity contribution is 14.1. The van der Waals surface area contributed by atoms with E-state index in [1.165, 1.54) is 6.08 Å². The Kier molecular flexibility index (Phi) is 8.75. The van der Waals surface area contributed by atoms with Crippen molar-refractivity contribution in [1.29, 1.82) is 5.26 Å². The topological polar surface area (TPSA) is 71.3 Å². The Balaban J connectivity index is 1.83. The van der Waals surface area contributed by atoms with Crippen LogP contribution in [0.3, 0.4) is 0 Å². The molecule has 0 aliphatic carbocycles. The molecule has 7 heteroatoms. The molecule has 1 N–H and O–H groups in total. The lowest BCUT2D eigenvalue weighted by atomic mass is 10.1. The fourth-order valence-corrected chi connectivity index (χ4v) is 3.59. The SMILES string of the molecule is CCOc1cc(/C=C(\C#N)C(=O)Nc2ccc(C)cc2)cc(Cl)c1OCc1ccc(I)cc1. The number of anilines is 1. The van der Waals surface area contributed by atoms with Crippen LogP contribution >= 0.6 is 34.2 Å². The zero-order valence-electron chi connectivity index (χ0n) is 18.2. The van der Waals surface area contributed by atoms with Gasteiger partial charge in [0, 0.05) is 9.26 Å². The number of aryl methyl sites for hydroxylation is 1. The van der Waals surface area contributed by atoms with Crippen LogP contribution in [-0.4, -0.2) is 12.5 Å². The number of nitrogens with zero attached hydrogens (tertiary/aromatic N) is 1. The molecule has 33 heavy (non-hydrogen) atoms. The van der Waals surface area contributed by atoms with Crippen LogP contribution in [0, 0.1) is 21.8 Å². The third-order valence-corrected chi connectivity index (χ3v) is 5.61. The first-order chi connectivity index (χ1) is 15.9. The van der Waals surface area contributed by atoms with Gasteiger partial charge in [0.25, 0.3) is 5.91 Å². The minimum absolute atomic E-state index is 0.0540. The van der Waals surface area contributed by atoms with Gasteiger partial charge in [0.2, 0.25) is 0 Å². The minimum atomic E-state index is -0.505. The second-order valence-corrected chi connectivity index (χ2v) is 8.82. The van der Waals surface area contributed by atoms with Gasteiger partial charge in [0.1, 0.15) is 18.2 Å². The summed E-state index contributed by atoms with van der Waals surface area (Å²) in [5.74, 6) is 0.351. The van der Waals surface area contributed by atoms with Gasteiger partial charge in [-0.05, 0) is 90.0 Å². The molecular weight excluding hydrogens is 551 g/mol. The van der Waals surface area contributed by atoms with Crippen molar-refractivity contribution >= 4 is 51.9 Å². The minimum Gasteiger partial charge on any atom is -0.490 e. The van der Waals surface area contributed by atoms with E-state index in [1.54, 1.807) is 24.3 Å². The molecule has 3 aromatic rings. The van der Waals surface area contributed by atoms with Crippen molar-refractivity contribution in [1.82, 2.24) is 0 Å². The van der Waals surface area contributed by atoms with Gasteiger partial charge in [-0.3, -0.25) is 4.79 Å². The van der Waals surface area contributed by atoms with Crippen LogP contribution in [0.15, 0.2) is 66.2 Å². The van der Waals surface area contributed by atoms with Crippen LogP contribution in [0.2, 0.25) is 5.02 Å². The van der Waals surface area contributed by atoms with Crippen molar-refractivity contribution in [3.63, 3.8) is 0 Å². The molecule has 0 saturated heterocycles. The second-order valence-electron chi connectivity index (χ2n) is 7.17. The molecule has 3 aromatic carbocycles. The number of carbonyl (C=O) groups excluding carboxylic acids is 1. The monoisotopic (exact) mass is 572 g/mol. The van der Waals surface area contributed by atoms with Crippen LogP contribution in [0.1, 0.15) is 23.6 Å². The molecule has 3 rings (SSSR count). The highest BCUT2D eigenvalue weighted by Crippen LogP contribution is 2.38. The van der Waals surface area contributed by atoms with Gasteiger partial charge in [-0.15, -0.1) is 0 Å². The molecule has 168 valence electrons. The number of benzene rings is 3. The predicted octanol–water partition coefficient (Wildman–Crippen LogP) is 6.78. The van der Waals surface area contributed by atoms with Crippen LogP contribution < -0.4 is 14.8 Å². The van der Waals surface area contributed by atoms with Crippen molar-refractivity contribution < 1.29 is 14.3 Å². The Morgan fingerprint density at radius 3 is 2.45 bits per heavy atom. The summed E-state index contributed by atoms with van der Waals surface area (Å²) in [4.78, 5) is 12.6.